The average Bonchev–Trinajstić information content (AvgIpc) is 2.20. The van der Waals surface area contributed by atoms with Gasteiger partial charge in [0.05, 0.1) is 16.7 Å². The third-order valence-corrected chi connectivity index (χ3v) is 3.69. The van der Waals surface area contributed by atoms with Crippen molar-refractivity contribution in [2.75, 3.05) is 18.0 Å². The summed E-state index contributed by atoms with van der Waals surface area (Å²) in [5, 5.41) is 0.441. The lowest BCUT2D eigenvalue weighted by atomic mass is 10.2. The molecule has 6 heteroatoms. The zero-order valence-corrected chi connectivity index (χ0v) is 11.5. The smallest absolute Gasteiger partial charge is 0.148 e. The monoisotopic (exact) mass is 305 g/mol. The lowest BCUT2D eigenvalue weighted by molar-refractivity contribution is -0.00550. The van der Waals surface area contributed by atoms with Crippen LogP contribution in [0.1, 0.15) is 13.8 Å². The zero-order valence-electron chi connectivity index (χ0n) is 9.15. The molecule has 2 rings (SSSR count). The number of nitrogens with zero attached hydrogens (tertiary/aromatic N) is 3. The van der Waals surface area contributed by atoms with Gasteiger partial charge in [-0.3, -0.25) is 0 Å². The Labute approximate surface area is 108 Å². The van der Waals surface area contributed by atoms with Gasteiger partial charge in [0.25, 0.3) is 0 Å². The van der Waals surface area contributed by atoms with Crippen LogP contribution in [0.25, 0.3) is 0 Å². The molecule has 0 bridgehead atoms. The van der Waals surface area contributed by atoms with E-state index >= 15 is 0 Å². The summed E-state index contributed by atoms with van der Waals surface area (Å²) in [5.41, 5.74) is 0. The Hall–Kier alpha value is -0.390. The maximum atomic E-state index is 5.95. The zero-order chi connectivity index (χ0) is 11.7. The first-order valence-electron chi connectivity index (χ1n) is 5.14. The molecule has 1 aliphatic heterocycles. The summed E-state index contributed by atoms with van der Waals surface area (Å²) in [5.74, 6) is 0.835. The van der Waals surface area contributed by atoms with Gasteiger partial charge in [-0.1, -0.05) is 11.6 Å². The molecule has 0 aromatic carbocycles. The molecule has 4 nitrogen and oxygen atoms in total. The van der Waals surface area contributed by atoms with Crippen molar-refractivity contribution in [2.45, 2.75) is 26.1 Å². The molecule has 16 heavy (non-hydrogen) atoms. The van der Waals surface area contributed by atoms with E-state index in [1.807, 2.05) is 0 Å². The van der Waals surface area contributed by atoms with E-state index in [0.717, 1.165) is 23.4 Å². The van der Waals surface area contributed by atoms with Crippen LogP contribution in [0.3, 0.4) is 0 Å². The highest BCUT2D eigenvalue weighted by atomic mass is 79.9. The summed E-state index contributed by atoms with van der Waals surface area (Å²) in [6.45, 7) is 5.74. The van der Waals surface area contributed by atoms with Crippen LogP contribution >= 0.6 is 27.5 Å². The van der Waals surface area contributed by atoms with E-state index in [0.29, 0.717) is 5.15 Å². The molecule has 1 saturated heterocycles. The van der Waals surface area contributed by atoms with Crippen LogP contribution in [0.15, 0.2) is 10.8 Å². The summed E-state index contributed by atoms with van der Waals surface area (Å²) >= 11 is 9.37. The van der Waals surface area contributed by atoms with Crippen molar-refractivity contribution < 1.29 is 4.74 Å². The first-order chi connectivity index (χ1) is 7.58. The van der Waals surface area contributed by atoms with Crippen molar-refractivity contribution in [2.24, 2.45) is 0 Å². The second-order valence-corrected chi connectivity index (χ2v) is 5.12. The molecule has 1 aromatic rings. The van der Waals surface area contributed by atoms with Gasteiger partial charge in [0, 0.05) is 13.1 Å². The molecule has 0 amide bonds. The molecular formula is C10H13BrClN3O. The highest BCUT2D eigenvalue weighted by Gasteiger charge is 2.25. The Balaban J connectivity index is 2.26. The van der Waals surface area contributed by atoms with E-state index in [4.69, 9.17) is 16.3 Å². The number of rotatable bonds is 1. The van der Waals surface area contributed by atoms with Gasteiger partial charge in [-0.15, -0.1) is 0 Å². The Bertz CT molecular complexity index is 380. The van der Waals surface area contributed by atoms with Crippen molar-refractivity contribution in [3.05, 3.63) is 16.0 Å². The highest BCUT2D eigenvalue weighted by molar-refractivity contribution is 9.10. The van der Waals surface area contributed by atoms with Crippen molar-refractivity contribution >= 4 is 33.3 Å². The van der Waals surface area contributed by atoms with Gasteiger partial charge in [-0.2, -0.15) is 0 Å². The van der Waals surface area contributed by atoms with Gasteiger partial charge in [-0.25, -0.2) is 9.97 Å². The van der Waals surface area contributed by atoms with Gasteiger partial charge in [0.1, 0.15) is 17.3 Å². The molecule has 1 fully saturated rings. The fraction of sp³-hybridized carbons (Fsp3) is 0.600. The average molecular weight is 307 g/mol. The van der Waals surface area contributed by atoms with Gasteiger partial charge in [-0.05, 0) is 29.8 Å². The second kappa shape index (κ2) is 4.85. The highest BCUT2D eigenvalue weighted by Crippen LogP contribution is 2.30. The predicted molar refractivity (Wildman–Crippen MR) is 67.0 cm³/mol. The summed E-state index contributed by atoms with van der Waals surface area (Å²) in [4.78, 5) is 10.3. The molecule has 2 atom stereocenters. The number of ether oxygens (including phenoxy) is 1. The third kappa shape index (κ3) is 2.47. The Morgan fingerprint density at radius 3 is 2.62 bits per heavy atom. The van der Waals surface area contributed by atoms with E-state index in [2.05, 4.69) is 44.6 Å². The standard InChI is InChI=1S/C10H13BrClN3O/c1-6-3-15(4-7(2)16-6)10-8(11)9(12)13-5-14-10/h5-7H,3-4H2,1-2H3/t6-,7+. The number of morpholine rings is 1. The van der Waals surface area contributed by atoms with Gasteiger partial charge in [0.15, 0.2) is 0 Å². The summed E-state index contributed by atoms with van der Waals surface area (Å²) in [6.07, 6.45) is 1.88. The minimum atomic E-state index is 0.199. The van der Waals surface area contributed by atoms with Crippen LogP contribution in [0.4, 0.5) is 5.82 Å². The molecule has 1 aliphatic rings. The van der Waals surface area contributed by atoms with Gasteiger partial charge < -0.3 is 9.64 Å². The van der Waals surface area contributed by atoms with Crippen LogP contribution in [-0.2, 0) is 4.74 Å². The molecule has 0 aliphatic carbocycles. The predicted octanol–water partition coefficient (Wildman–Crippen LogP) is 2.51. The molecule has 0 spiro atoms. The van der Waals surface area contributed by atoms with Gasteiger partial charge >= 0.3 is 0 Å². The van der Waals surface area contributed by atoms with Gasteiger partial charge in [0.2, 0.25) is 0 Å². The molecule has 0 saturated carbocycles. The topological polar surface area (TPSA) is 38.2 Å². The van der Waals surface area contributed by atoms with Crippen LogP contribution in [0.2, 0.25) is 5.15 Å². The SMILES string of the molecule is C[C@@H]1CN(c2ncnc(Cl)c2Br)C[C@H](C)O1. The lowest BCUT2D eigenvalue weighted by Gasteiger charge is -2.36. The third-order valence-electron chi connectivity index (χ3n) is 2.45. The van der Waals surface area contributed by atoms with Crippen molar-refractivity contribution in [3.63, 3.8) is 0 Å². The minimum Gasteiger partial charge on any atom is -0.372 e. The largest absolute Gasteiger partial charge is 0.372 e. The van der Waals surface area contributed by atoms with Crippen LogP contribution < -0.4 is 4.90 Å². The molecule has 1 aromatic heterocycles. The number of hydrogen-bond acceptors (Lipinski definition) is 4. The number of aromatic nitrogens is 2. The van der Waals surface area contributed by atoms with Crippen molar-refractivity contribution in [1.29, 1.82) is 0 Å². The number of anilines is 1. The first kappa shape index (κ1) is 12.1. The Kier molecular flexibility index (Phi) is 3.66. The molecule has 0 N–H and O–H groups in total. The minimum absolute atomic E-state index is 0.199. The lowest BCUT2D eigenvalue weighted by Crippen LogP contribution is -2.46. The molecular weight excluding hydrogens is 293 g/mol. The molecule has 0 radical (unpaired) electrons. The van der Waals surface area contributed by atoms with Crippen molar-refractivity contribution in [3.8, 4) is 0 Å². The van der Waals surface area contributed by atoms with Crippen LogP contribution in [0.5, 0.6) is 0 Å². The summed E-state index contributed by atoms with van der Waals surface area (Å²) in [7, 11) is 0. The van der Waals surface area contributed by atoms with Crippen LogP contribution in [0, 0.1) is 0 Å². The second-order valence-electron chi connectivity index (χ2n) is 3.96. The van der Waals surface area contributed by atoms with Crippen molar-refractivity contribution in [1.82, 2.24) is 9.97 Å². The van der Waals surface area contributed by atoms with E-state index in [9.17, 15) is 0 Å². The number of halogens is 2. The summed E-state index contributed by atoms with van der Waals surface area (Å²) < 4.78 is 6.42. The van der Waals surface area contributed by atoms with E-state index in [1.165, 1.54) is 6.33 Å². The fourth-order valence-electron chi connectivity index (χ4n) is 1.91. The molecule has 2 heterocycles. The fourth-order valence-corrected chi connectivity index (χ4v) is 2.49. The van der Waals surface area contributed by atoms with E-state index < -0.39 is 0 Å². The number of hydrogen-bond donors (Lipinski definition) is 0. The maximum absolute atomic E-state index is 5.95. The summed E-state index contributed by atoms with van der Waals surface area (Å²) in [6, 6.07) is 0. The quantitative estimate of drug-likeness (QED) is 0.747. The van der Waals surface area contributed by atoms with E-state index in [-0.39, 0.29) is 12.2 Å². The Morgan fingerprint density at radius 2 is 2.00 bits per heavy atom. The molecule has 0 unspecified atom stereocenters. The maximum Gasteiger partial charge on any atom is 0.148 e. The Morgan fingerprint density at radius 1 is 1.38 bits per heavy atom. The van der Waals surface area contributed by atoms with Crippen LogP contribution in [-0.4, -0.2) is 35.3 Å². The first-order valence-corrected chi connectivity index (χ1v) is 6.31. The normalized spacial score (nSPS) is 25.9. The van der Waals surface area contributed by atoms with E-state index in [1.54, 1.807) is 0 Å². The molecule has 88 valence electrons.